The van der Waals surface area contributed by atoms with Crippen LogP contribution in [0, 0.1) is 5.92 Å². The number of hydrogen-bond donors (Lipinski definition) is 1. The zero-order chi connectivity index (χ0) is 19.2. The van der Waals surface area contributed by atoms with E-state index in [1.54, 1.807) is 11.3 Å². The SMILES string of the molecule is CC(C)C(=O)N[C@H](C)[C@@H](c1cccs1)N1CCN(Cc2ccccc2)CC1. The Morgan fingerprint density at radius 1 is 1.04 bits per heavy atom. The molecule has 1 aliphatic heterocycles. The molecule has 2 heterocycles. The Bertz CT molecular complexity index is 694. The number of rotatable bonds is 7. The number of benzene rings is 1. The van der Waals surface area contributed by atoms with Gasteiger partial charge in [0.25, 0.3) is 0 Å². The van der Waals surface area contributed by atoms with Gasteiger partial charge >= 0.3 is 0 Å². The van der Waals surface area contributed by atoms with Gasteiger partial charge in [-0.15, -0.1) is 11.3 Å². The number of carbonyl (C=O) groups excluding carboxylic acids is 1. The summed E-state index contributed by atoms with van der Waals surface area (Å²) in [5, 5.41) is 5.36. The van der Waals surface area contributed by atoms with Crippen molar-refractivity contribution in [3.8, 4) is 0 Å². The van der Waals surface area contributed by atoms with Crippen molar-refractivity contribution in [3.63, 3.8) is 0 Å². The third-order valence-corrected chi connectivity index (χ3v) is 6.19. The minimum absolute atomic E-state index is 0.0131. The Hall–Kier alpha value is -1.69. The van der Waals surface area contributed by atoms with Gasteiger partial charge in [0, 0.05) is 49.6 Å². The quantitative estimate of drug-likeness (QED) is 0.788. The molecule has 3 rings (SSSR count). The summed E-state index contributed by atoms with van der Waals surface area (Å²) >= 11 is 1.79. The minimum Gasteiger partial charge on any atom is -0.351 e. The maximum Gasteiger partial charge on any atom is 0.222 e. The van der Waals surface area contributed by atoms with Gasteiger partial charge in [-0.1, -0.05) is 50.2 Å². The lowest BCUT2D eigenvalue weighted by atomic mass is 10.0. The summed E-state index contributed by atoms with van der Waals surface area (Å²) in [7, 11) is 0. The van der Waals surface area contributed by atoms with Crippen molar-refractivity contribution >= 4 is 17.2 Å². The zero-order valence-electron chi connectivity index (χ0n) is 16.6. The lowest BCUT2D eigenvalue weighted by Crippen LogP contribution is -2.52. The summed E-state index contributed by atoms with van der Waals surface area (Å²) in [5.41, 5.74) is 1.37. The molecule has 1 aliphatic rings. The number of carbonyl (C=O) groups is 1. The molecule has 5 heteroatoms. The van der Waals surface area contributed by atoms with Gasteiger partial charge in [0.05, 0.1) is 6.04 Å². The van der Waals surface area contributed by atoms with Crippen LogP contribution < -0.4 is 5.32 Å². The number of hydrogen-bond acceptors (Lipinski definition) is 4. The molecule has 0 unspecified atom stereocenters. The van der Waals surface area contributed by atoms with Crippen LogP contribution in [0.3, 0.4) is 0 Å². The monoisotopic (exact) mass is 385 g/mol. The summed E-state index contributed by atoms with van der Waals surface area (Å²) in [6.07, 6.45) is 0. The van der Waals surface area contributed by atoms with E-state index >= 15 is 0 Å². The van der Waals surface area contributed by atoms with Crippen molar-refractivity contribution < 1.29 is 4.79 Å². The highest BCUT2D eigenvalue weighted by Gasteiger charge is 2.31. The predicted octanol–water partition coefficient (Wildman–Crippen LogP) is 3.77. The van der Waals surface area contributed by atoms with E-state index in [4.69, 9.17) is 0 Å². The van der Waals surface area contributed by atoms with Crippen molar-refractivity contribution in [2.45, 2.75) is 39.4 Å². The molecular formula is C22H31N3OS. The smallest absolute Gasteiger partial charge is 0.222 e. The molecule has 1 N–H and O–H groups in total. The molecule has 4 nitrogen and oxygen atoms in total. The highest BCUT2D eigenvalue weighted by atomic mass is 32.1. The topological polar surface area (TPSA) is 35.6 Å². The van der Waals surface area contributed by atoms with Crippen molar-refractivity contribution in [3.05, 3.63) is 58.3 Å². The van der Waals surface area contributed by atoms with Gasteiger partial charge in [0.15, 0.2) is 0 Å². The molecule has 146 valence electrons. The molecule has 0 spiro atoms. The first-order valence-corrected chi connectivity index (χ1v) is 10.8. The van der Waals surface area contributed by atoms with Crippen molar-refractivity contribution in [1.29, 1.82) is 0 Å². The molecule has 0 bridgehead atoms. The van der Waals surface area contributed by atoms with E-state index in [1.807, 2.05) is 13.8 Å². The van der Waals surface area contributed by atoms with E-state index < -0.39 is 0 Å². The summed E-state index contributed by atoms with van der Waals surface area (Å²) < 4.78 is 0. The molecule has 1 aromatic heterocycles. The zero-order valence-corrected chi connectivity index (χ0v) is 17.4. The lowest BCUT2D eigenvalue weighted by Gasteiger charge is -2.41. The van der Waals surface area contributed by atoms with Gasteiger partial charge < -0.3 is 5.32 Å². The normalized spacial score (nSPS) is 18.4. The molecule has 0 saturated carbocycles. The first-order chi connectivity index (χ1) is 13.0. The fraction of sp³-hybridized carbons (Fsp3) is 0.500. The van der Waals surface area contributed by atoms with E-state index in [0.29, 0.717) is 0 Å². The number of amides is 1. The summed E-state index contributed by atoms with van der Waals surface area (Å²) in [6, 6.07) is 15.3. The summed E-state index contributed by atoms with van der Waals surface area (Å²) in [5.74, 6) is 0.144. The Morgan fingerprint density at radius 3 is 2.33 bits per heavy atom. The number of piperazine rings is 1. The third-order valence-electron chi connectivity index (χ3n) is 5.25. The molecule has 0 radical (unpaired) electrons. The van der Waals surface area contributed by atoms with Crippen LogP contribution in [0.2, 0.25) is 0 Å². The highest BCUT2D eigenvalue weighted by Crippen LogP contribution is 2.29. The van der Waals surface area contributed by atoms with E-state index in [1.165, 1.54) is 10.4 Å². The van der Waals surface area contributed by atoms with Gasteiger partial charge in [-0.25, -0.2) is 0 Å². The number of nitrogens with one attached hydrogen (secondary N) is 1. The predicted molar refractivity (Wildman–Crippen MR) is 113 cm³/mol. The summed E-state index contributed by atoms with van der Waals surface area (Å²) in [4.78, 5) is 18.6. The van der Waals surface area contributed by atoms with Crippen molar-refractivity contribution in [2.75, 3.05) is 26.2 Å². The molecule has 2 aromatic rings. The molecule has 27 heavy (non-hydrogen) atoms. The highest BCUT2D eigenvalue weighted by molar-refractivity contribution is 7.10. The van der Waals surface area contributed by atoms with E-state index in [0.717, 1.165) is 32.7 Å². The molecule has 2 atom stereocenters. The second-order valence-corrected chi connectivity index (χ2v) is 8.69. The maximum absolute atomic E-state index is 12.2. The molecule has 1 saturated heterocycles. The fourth-order valence-electron chi connectivity index (χ4n) is 3.71. The second-order valence-electron chi connectivity index (χ2n) is 7.71. The van der Waals surface area contributed by atoms with Crippen LogP contribution in [0.5, 0.6) is 0 Å². The second kappa shape index (κ2) is 9.49. The van der Waals surface area contributed by atoms with Gasteiger partial charge in [-0.2, -0.15) is 0 Å². The van der Waals surface area contributed by atoms with Crippen molar-refractivity contribution in [2.24, 2.45) is 5.92 Å². The minimum atomic E-state index is 0.0131. The van der Waals surface area contributed by atoms with Crippen LogP contribution in [-0.2, 0) is 11.3 Å². The average molecular weight is 386 g/mol. The van der Waals surface area contributed by atoms with Crippen LogP contribution in [-0.4, -0.2) is 47.9 Å². The fourth-order valence-corrected chi connectivity index (χ4v) is 4.68. The average Bonchev–Trinajstić information content (AvgIpc) is 3.18. The lowest BCUT2D eigenvalue weighted by molar-refractivity contribution is -0.125. The number of thiophene rings is 1. The van der Waals surface area contributed by atoms with E-state index in [-0.39, 0.29) is 23.9 Å². The first-order valence-electron chi connectivity index (χ1n) is 9.88. The van der Waals surface area contributed by atoms with Gasteiger partial charge in [-0.05, 0) is 23.9 Å². The third kappa shape index (κ3) is 5.41. The Morgan fingerprint density at radius 2 is 1.74 bits per heavy atom. The molecule has 1 amide bonds. The first kappa shape index (κ1) is 20.1. The molecule has 0 aliphatic carbocycles. The Balaban J connectivity index is 1.63. The molecule has 1 fully saturated rings. The van der Waals surface area contributed by atoms with Crippen LogP contribution in [0.4, 0.5) is 0 Å². The van der Waals surface area contributed by atoms with Gasteiger partial charge in [0.1, 0.15) is 0 Å². The van der Waals surface area contributed by atoms with Crippen LogP contribution >= 0.6 is 11.3 Å². The van der Waals surface area contributed by atoms with Crippen LogP contribution in [0.25, 0.3) is 0 Å². The summed E-state index contributed by atoms with van der Waals surface area (Å²) in [6.45, 7) is 11.2. The van der Waals surface area contributed by atoms with E-state index in [9.17, 15) is 4.79 Å². The largest absolute Gasteiger partial charge is 0.351 e. The van der Waals surface area contributed by atoms with Crippen LogP contribution in [0.1, 0.15) is 37.3 Å². The van der Waals surface area contributed by atoms with Crippen molar-refractivity contribution in [1.82, 2.24) is 15.1 Å². The maximum atomic E-state index is 12.2. The number of nitrogens with zero attached hydrogens (tertiary/aromatic N) is 2. The van der Waals surface area contributed by atoms with Gasteiger partial charge in [0.2, 0.25) is 5.91 Å². The standard InChI is InChI=1S/C22H31N3OS/c1-17(2)22(26)23-18(3)21(20-10-7-15-27-20)25-13-11-24(12-14-25)16-19-8-5-4-6-9-19/h4-10,15,17-18,21H,11-14,16H2,1-3H3,(H,23,26)/t18-,21+/m1/s1. The van der Waals surface area contributed by atoms with Crippen LogP contribution in [0.15, 0.2) is 47.8 Å². The molecule has 1 aromatic carbocycles. The van der Waals surface area contributed by atoms with E-state index in [2.05, 4.69) is 69.9 Å². The Labute approximate surface area is 167 Å². The molecular weight excluding hydrogens is 354 g/mol. The van der Waals surface area contributed by atoms with Gasteiger partial charge in [-0.3, -0.25) is 14.6 Å². The Kier molecular flexibility index (Phi) is 7.05.